The van der Waals surface area contributed by atoms with Crippen molar-refractivity contribution in [2.75, 3.05) is 0 Å². The summed E-state index contributed by atoms with van der Waals surface area (Å²) in [6.45, 7) is -0.0883. The van der Waals surface area contributed by atoms with Gasteiger partial charge in [0.1, 0.15) is 11.5 Å². The Morgan fingerprint density at radius 1 is 0.415 bits per heavy atom. The molecule has 0 atom stereocenters. The second-order valence-electron chi connectivity index (χ2n) is 13.7. The quantitative estimate of drug-likeness (QED) is 0.175. The molecular formula is C46H27BN4O2. The van der Waals surface area contributed by atoms with Crippen molar-refractivity contribution in [3.8, 4) is 46.0 Å². The summed E-state index contributed by atoms with van der Waals surface area (Å²) in [5, 5.41) is 4.65. The molecule has 7 aromatic carbocycles. The molecular weight excluding hydrogens is 651 g/mol. The highest BCUT2D eigenvalue weighted by Crippen LogP contribution is 2.43. The van der Waals surface area contributed by atoms with E-state index in [9.17, 15) is 0 Å². The van der Waals surface area contributed by atoms with Gasteiger partial charge in [-0.15, -0.1) is 0 Å². The van der Waals surface area contributed by atoms with Crippen LogP contribution in [0.3, 0.4) is 0 Å². The molecule has 0 N–H and O–H groups in total. The maximum Gasteiger partial charge on any atom is 0.265 e. The molecule has 3 aromatic heterocycles. The van der Waals surface area contributed by atoms with E-state index in [0.717, 1.165) is 66.4 Å². The molecule has 0 unspecified atom stereocenters. The van der Waals surface area contributed by atoms with Crippen LogP contribution in [0.25, 0.3) is 66.4 Å². The average Bonchev–Trinajstić information content (AvgIpc) is 3.74. The van der Waals surface area contributed by atoms with Gasteiger partial charge in [0.15, 0.2) is 0 Å². The molecule has 2 aliphatic rings. The summed E-state index contributed by atoms with van der Waals surface area (Å²) in [7, 11) is 0. The maximum atomic E-state index is 6.57. The summed E-state index contributed by atoms with van der Waals surface area (Å²) in [5.74, 6) is 3.13. The number of fused-ring (bicyclic) bond motifs is 11. The van der Waals surface area contributed by atoms with Gasteiger partial charge in [-0.3, -0.25) is 4.57 Å². The van der Waals surface area contributed by atoms with Crippen molar-refractivity contribution in [2.24, 2.45) is 0 Å². The van der Waals surface area contributed by atoms with Gasteiger partial charge < -0.3 is 14.0 Å². The number of hydrogen-bond acceptors (Lipinski definition) is 4. The minimum atomic E-state index is -0.0883. The van der Waals surface area contributed by atoms with Gasteiger partial charge in [-0.2, -0.15) is 9.97 Å². The molecule has 2 aliphatic heterocycles. The highest BCUT2D eigenvalue weighted by atomic mass is 16.5. The van der Waals surface area contributed by atoms with E-state index >= 15 is 0 Å². The molecule has 6 nitrogen and oxygen atoms in total. The highest BCUT2D eigenvalue weighted by Gasteiger charge is 2.42. The first-order chi connectivity index (χ1) is 26.3. The van der Waals surface area contributed by atoms with E-state index in [-0.39, 0.29) is 6.71 Å². The summed E-state index contributed by atoms with van der Waals surface area (Å²) in [5.41, 5.74) is 10.8. The minimum absolute atomic E-state index is 0.0883. The zero-order valence-electron chi connectivity index (χ0n) is 28.3. The van der Waals surface area contributed by atoms with E-state index < -0.39 is 0 Å². The number of rotatable bonds is 3. The van der Waals surface area contributed by atoms with Crippen LogP contribution >= 0.6 is 0 Å². The third-order valence-corrected chi connectivity index (χ3v) is 10.9. The maximum absolute atomic E-state index is 6.57. The van der Waals surface area contributed by atoms with Crippen molar-refractivity contribution in [2.45, 2.75) is 0 Å². The average molecular weight is 679 g/mol. The monoisotopic (exact) mass is 678 g/mol. The molecule has 5 heterocycles. The normalized spacial score (nSPS) is 12.8. The number of nitrogens with zero attached hydrogens (tertiary/aromatic N) is 4. The first-order valence-corrected chi connectivity index (χ1v) is 17.9. The second kappa shape index (κ2) is 10.7. The number of aromatic nitrogens is 4. The highest BCUT2D eigenvalue weighted by molar-refractivity contribution is 6.98. The van der Waals surface area contributed by atoms with Crippen molar-refractivity contribution in [3.05, 3.63) is 164 Å². The fraction of sp³-hybridized carbons (Fsp3) is 0. The Kier molecular flexibility index (Phi) is 5.77. The van der Waals surface area contributed by atoms with Crippen molar-refractivity contribution >= 4 is 66.7 Å². The van der Waals surface area contributed by atoms with Gasteiger partial charge in [-0.25, -0.2) is 0 Å². The SMILES string of the molecule is c1ccc(-c2ccc(-n3c4ccccc4c4c5c6ccccc6n(-c6nc7c8c(n6)Oc6ccccc6B8c6ccccc6O7)c5ccc43)cc2)cc1. The number of ether oxygens (including phenoxy) is 2. The Bertz CT molecular complexity index is 3060. The van der Waals surface area contributed by atoms with Gasteiger partial charge >= 0.3 is 0 Å². The van der Waals surface area contributed by atoms with Crippen LogP contribution in [0.15, 0.2) is 164 Å². The molecule has 7 heteroatoms. The summed E-state index contributed by atoms with van der Waals surface area (Å²) < 4.78 is 17.7. The van der Waals surface area contributed by atoms with Gasteiger partial charge in [0, 0.05) is 27.2 Å². The van der Waals surface area contributed by atoms with E-state index in [1.807, 2.05) is 24.3 Å². The Hall–Kier alpha value is -7.12. The van der Waals surface area contributed by atoms with Gasteiger partial charge in [-0.05, 0) is 70.6 Å². The van der Waals surface area contributed by atoms with Gasteiger partial charge in [-0.1, -0.05) is 115 Å². The smallest absolute Gasteiger partial charge is 0.265 e. The van der Waals surface area contributed by atoms with Crippen LogP contribution in [0.1, 0.15) is 0 Å². The molecule has 0 fully saturated rings. The fourth-order valence-electron chi connectivity index (χ4n) is 8.68. The van der Waals surface area contributed by atoms with E-state index in [2.05, 4.69) is 149 Å². The zero-order valence-corrected chi connectivity index (χ0v) is 28.3. The van der Waals surface area contributed by atoms with Gasteiger partial charge in [0.2, 0.25) is 17.7 Å². The largest absolute Gasteiger partial charge is 0.440 e. The van der Waals surface area contributed by atoms with Crippen molar-refractivity contribution in [1.29, 1.82) is 0 Å². The van der Waals surface area contributed by atoms with Crippen molar-refractivity contribution in [1.82, 2.24) is 19.1 Å². The molecule has 0 aliphatic carbocycles. The topological polar surface area (TPSA) is 54.1 Å². The lowest BCUT2D eigenvalue weighted by atomic mass is 9.35. The van der Waals surface area contributed by atoms with Crippen LogP contribution in [0, 0.1) is 0 Å². The van der Waals surface area contributed by atoms with Crippen LogP contribution < -0.4 is 25.9 Å². The molecule has 12 rings (SSSR count). The molecule has 0 saturated heterocycles. The Morgan fingerprint density at radius 2 is 0.906 bits per heavy atom. The van der Waals surface area contributed by atoms with Crippen LogP contribution in [0.4, 0.5) is 0 Å². The van der Waals surface area contributed by atoms with E-state index in [4.69, 9.17) is 19.4 Å². The van der Waals surface area contributed by atoms with Crippen LogP contribution in [-0.2, 0) is 0 Å². The first-order valence-electron chi connectivity index (χ1n) is 17.9. The molecule has 53 heavy (non-hydrogen) atoms. The van der Waals surface area contributed by atoms with E-state index in [1.165, 1.54) is 21.9 Å². The van der Waals surface area contributed by atoms with Gasteiger partial charge in [0.05, 0.1) is 27.5 Å². The minimum Gasteiger partial charge on any atom is -0.440 e. The predicted molar refractivity (Wildman–Crippen MR) is 214 cm³/mol. The molecule has 0 spiro atoms. The molecule has 0 radical (unpaired) electrons. The van der Waals surface area contributed by atoms with Crippen molar-refractivity contribution < 1.29 is 9.47 Å². The summed E-state index contributed by atoms with van der Waals surface area (Å²) in [6, 6.07) is 57.4. The van der Waals surface area contributed by atoms with Crippen LogP contribution in [0.5, 0.6) is 23.3 Å². The third kappa shape index (κ3) is 3.99. The van der Waals surface area contributed by atoms with E-state index in [1.54, 1.807) is 0 Å². The van der Waals surface area contributed by atoms with Crippen molar-refractivity contribution in [3.63, 3.8) is 0 Å². The zero-order chi connectivity index (χ0) is 34.6. The Balaban J connectivity index is 1.11. The fourth-order valence-corrected chi connectivity index (χ4v) is 8.68. The molecule has 0 bridgehead atoms. The standard InChI is InChI=1S/C46H27BN4O2/c1-2-12-28(13-3-1)29-22-24-30(25-23-29)50-35-18-8-4-14-31(35)41-37(50)26-27-38-42(41)32-15-5-9-19-36(32)51(38)46-48-44-43-45(49-46)53-40-21-11-7-17-34(40)47(43)33-16-6-10-20-39(33)52-44/h1-27H. The molecule has 0 amide bonds. The van der Waals surface area contributed by atoms with Crippen LogP contribution in [0.2, 0.25) is 0 Å². The molecule has 0 saturated carbocycles. The van der Waals surface area contributed by atoms with Crippen LogP contribution in [-0.4, -0.2) is 25.8 Å². The summed E-state index contributed by atoms with van der Waals surface area (Å²) >= 11 is 0. The Labute approximate surface area is 304 Å². The van der Waals surface area contributed by atoms with E-state index in [0.29, 0.717) is 17.7 Å². The second-order valence-corrected chi connectivity index (χ2v) is 13.7. The summed E-state index contributed by atoms with van der Waals surface area (Å²) in [4.78, 5) is 10.4. The predicted octanol–water partition coefficient (Wildman–Crippen LogP) is 9.07. The number of benzene rings is 7. The lowest BCUT2D eigenvalue weighted by Crippen LogP contribution is -2.58. The number of hydrogen-bond donors (Lipinski definition) is 0. The lowest BCUT2D eigenvalue weighted by Gasteiger charge is -2.31. The molecule has 10 aromatic rings. The summed E-state index contributed by atoms with van der Waals surface area (Å²) in [6.07, 6.45) is 0. The Morgan fingerprint density at radius 3 is 1.53 bits per heavy atom. The third-order valence-electron chi connectivity index (χ3n) is 10.9. The lowest BCUT2D eigenvalue weighted by molar-refractivity contribution is 0.437. The number of para-hydroxylation sites is 4. The molecule has 246 valence electrons. The van der Waals surface area contributed by atoms with Gasteiger partial charge in [0.25, 0.3) is 6.71 Å². The first kappa shape index (κ1) is 28.6.